The van der Waals surface area contributed by atoms with E-state index in [0.29, 0.717) is 0 Å². The van der Waals surface area contributed by atoms with Crippen molar-refractivity contribution in [2.24, 2.45) is 21.6 Å². The summed E-state index contributed by atoms with van der Waals surface area (Å²) in [5.74, 6) is -0.642. The van der Waals surface area contributed by atoms with Crippen molar-refractivity contribution in [3.8, 4) is 0 Å². The number of urea groups is 1. The van der Waals surface area contributed by atoms with E-state index in [1.807, 2.05) is 13.8 Å². The first-order valence-electron chi connectivity index (χ1n) is 6.85. The summed E-state index contributed by atoms with van der Waals surface area (Å²) in [6.45, 7) is 4.45. The number of aromatic nitrogens is 1. The summed E-state index contributed by atoms with van der Waals surface area (Å²) >= 11 is 0. The molecule has 24 heavy (non-hydrogen) atoms. The van der Waals surface area contributed by atoms with E-state index in [2.05, 4.69) is 15.1 Å². The van der Waals surface area contributed by atoms with Crippen LogP contribution in [0.1, 0.15) is 19.4 Å². The number of pyridine rings is 1. The minimum absolute atomic E-state index is 0.0344. The number of ether oxygens (including phenoxy) is 1. The zero-order chi connectivity index (χ0) is 18.2. The molecule has 0 atom stereocenters. The number of hydrogen-bond donors (Lipinski definition) is 3. The third kappa shape index (κ3) is 5.08. The first-order valence-corrected chi connectivity index (χ1v) is 8.33. The lowest BCUT2D eigenvalue weighted by molar-refractivity contribution is 0.0653. The number of aliphatic imine (C=N–C) groups is 1. The van der Waals surface area contributed by atoms with Gasteiger partial charge in [0.05, 0.1) is 5.56 Å². The molecule has 11 nitrogen and oxygen atoms in total. The van der Waals surface area contributed by atoms with Gasteiger partial charge >= 0.3 is 6.03 Å². The highest BCUT2D eigenvalue weighted by molar-refractivity contribution is 7.90. The Morgan fingerprint density at radius 2 is 2.04 bits per heavy atom. The lowest BCUT2D eigenvalue weighted by atomic mass is 10.3. The van der Waals surface area contributed by atoms with Crippen LogP contribution in [0.2, 0.25) is 0 Å². The van der Waals surface area contributed by atoms with Crippen molar-refractivity contribution in [3.05, 3.63) is 23.9 Å². The molecule has 1 aromatic rings. The van der Waals surface area contributed by atoms with Crippen LogP contribution in [0.4, 0.5) is 4.79 Å². The fourth-order valence-corrected chi connectivity index (χ4v) is 2.52. The molecule has 0 fully saturated rings. The smallest absolute Gasteiger partial charge is 0.358 e. The highest BCUT2D eigenvalue weighted by Gasteiger charge is 2.27. The molecule has 2 amide bonds. The maximum atomic E-state index is 12.2. The summed E-state index contributed by atoms with van der Waals surface area (Å²) in [4.78, 5) is 23.0. The highest BCUT2D eigenvalue weighted by Crippen LogP contribution is 2.15. The van der Waals surface area contributed by atoms with Gasteiger partial charge in [0.1, 0.15) is 6.61 Å². The Kier molecular flexibility index (Phi) is 6.92. The molecule has 0 saturated carbocycles. The number of rotatable bonds is 3. The van der Waals surface area contributed by atoms with Crippen LogP contribution in [-0.2, 0) is 19.6 Å². The quantitative estimate of drug-likeness (QED) is 0.478. The molecule has 2 rings (SSSR count). The third-order valence-corrected chi connectivity index (χ3v) is 3.55. The van der Waals surface area contributed by atoms with Gasteiger partial charge in [-0.25, -0.2) is 14.5 Å². The average Bonchev–Trinajstić information content (AvgIpc) is 2.56. The number of sulfonamides is 1. The number of amides is 2. The molecule has 0 bridgehead atoms. The third-order valence-electron chi connectivity index (χ3n) is 2.27. The molecule has 0 spiro atoms. The zero-order valence-electron chi connectivity index (χ0n) is 13.1. The van der Waals surface area contributed by atoms with Crippen molar-refractivity contribution >= 4 is 27.9 Å². The number of oxime groups is 1. The van der Waals surface area contributed by atoms with E-state index < -0.39 is 27.0 Å². The number of nitrogens with two attached hydrogens (primary N) is 2. The predicted molar refractivity (Wildman–Crippen MR) is 85.6 cm³/mol. The van der Waals surface area contributed by atoms with Crippen LogP contribution in [-0.4, -0.2) is 44.5 Å². The van der Waals surface area contributed by atoms with E-state index in [-0.39, 0.29) is 24.7 Å². The Bertz CT molecular complexity index is 742. The molecule has 2 heterocycles. The number of nitrogens with one attached hydrogen (secondary N) is 1. The van der Waals surface area contributed by atoms with Crippen LogP contribution in [0.15, 0.2) is 33.5 Å². The molecular formula is C12H18N6O5S. The summed E-state index contributed by atoms with van der Waals surface area (Å²) in [6.07, 6.45) is 1.23. The molecule has 1 aromatic heterocycles. The Labute approximate surface area is 138 Å². The minimum Gasteiger partial charge on any atom is -0.471 e. The molecule has 5 N–H and O–H groups in total. The summed E-state index contributed by atoms with van der Waals surface area (Å²) in [5, 5.41) is 3.14. The standard InChI is InChI=1S/C10H12N6O5S.C2H6/c11-9(12)14-10(17)16-22(18,19)8-6(2-1-3-13-8)7-15-21-5-4-20-7;1-2/h1-3H,4-5H2,(H5,11,12,14,16,17);1-2H3. The van der Waals surface area contributed by atoms with Gasteiger partial charge in [-0.05, 0) is 17.3 Å². The van der Waals surface area contributed by atoms with Crippen LogP contribution in [0.3, 0.4) is 0 Å². The number of nitrogens with zero attached hydrogens (tertiary/aromatic N) is 3. The van der Waals surface area contributed by atoms with E-state index in [1.54, 1.807) is 4.72 Å². The highest BCUT2D eigenvalue weighted by atomic mass is 32.2. The van der Waals surface area contributed by atoms with Gasteiger partial charge in [0.15, 0.2) is 17.6 Å². The van der Waals surface area contributed by atoms with Crippen LogP contribution < -0.4 is 16.2 Å². The normalized spacial score (nSPS) is 13.2. The van der Waals surface area contributed by atoms with E-state index in [1.165, 1.54) is 18.3 Å². The van der Waals surface area contributed by atoms with Gasteiger partial charge < -0.3 is 21.0 Å². The Morgan fingerprint density at radius 1 is 1.33 bits per heavy atom. The molecule has 132 valence electrons. The maximum Gasteiger partial charge on any atom is 0.358 e. The van der Waals surface area contributed by atoms with Gasteiger partial charge in [-0.15, -0.1) is 0 Å². The largest absolute Gasteiger partial charge is 0.471 e. The second kappa shape index (κ2) is 8.67. The van der Waals surface area contributed by atoms with Gasteiger partial charge in [0, 0.05) is 6.20 Å². The molecule has 1 aliphatic heterocycles. The number of carbonyl (C=O) groups is 1. The van der Waals surface area contributed by atoms with Crippen molar-refractivity contribution in [1.82, 2.24) is 9.71 Å². The summed E-state index contributed by atoms with van der Waals surface area (Å²) in [5.41, 5.74) is 10.0. The van der Waals surface area contributed by atoms with Crippen molar-refractivity contribution in [2.75, 3.05) is 13.2 Å². The van der Waals surface area contributed by atoms with Crippen LogP contribution in [0.5, 0.6) is 0 Å². The molecule has 0 unspecified atom stereocenters. The van der Waals surface area contributed by atoms with Gasteiger partial charge in [-0.1, -0.05) is 13.8 Å². The van der Waals surface area contributed by atoms with Crippen molar-refractivity contribution in [2.45, 2.75) is 18.9 Å². The molecule has 1 aliphatic rings. The van der Waals surface area contributed by atoms with Gasteiger partial charge in [-0.3, -0.25) is 0 Å². The van der Waals surface area contributed by atoms with Crippen LogP contribution >= 0.6 is 0 Å². The minimum atomic E-state index is -4.33. The topological polar surface area (TPSA) is 171 Å². The summed E-state index contributed by atoms with van der Waals surface area (Å²) in [6, 6.07) is 1.63. The maximum absolute atomic E-state index is 12.2. The van der Waals surface area contributed by atoms with Gasteiger partial charge in [-0.2, -0.15) is 13.4 Å². The first-order chi connectivity index (χ1) is 11.4. The fraction of sp³-hybridized carbons (Fsp3) is 0.333. The summed E-state index contributed by atoms with van der Waals surface area (Å²) in [7, 11) is -4.33. The van der Waals surface area contributed by atoms with Crippen LogP contribution in [0, 0.1) is 0 Å². The van der Waals surface area contributed by atoms with Crippen molar-refractivity contribution < 1.29 is 22.8 Å². The number of carbonyl (C=O) groups excluding carboxylic acids is 1. The summed E-state index contributed by atoms with van der Waals surface area (Å²) < 4.78 is 31.2. The molecular weight excluding hydrogens is 340 g/mol. The molecule has 0 aliphatic carbocycles. The van der Waals surface area contributed by atoms with Crippen molar-refractivity contribution in [1.29, 1.82) is 0 Å². The second-order valence-electron chi connectivity index (χ2n) is 3.88. The average molecular weight is 358 g/mol. The molecule has 0 saturated heterocycles. The lowest BCUT2D eigenvalue weighted by Gasteiger charge is -2.15. The zero-order valence-corrected chi connectivity index (χ0v) is 13.9. The first kappa shape index (κ1) is 19.2. The Hall–Kier alpha value is -2.89. The monoisotopic (exact) mass is 358 g/mol. The Balaban J connectivity index is 0.00000139. The number of guanidine groups is 1. The van der Waals surface area contributed by atoms with E-state index in [0.717, 1.165) is 0 Å². The van der Waals surface area contributed by atoms with E-state index in [4.69, 9.17) is 21.0 Å². The van der Waals surface area contributed by atoms with Gasteiger partial charge in [0.25, 0.3) is 15.9 Å². The molecule has 0 radical (unpaired) electrons. The van der Waals surface area contributed by atoms with E-state index >= 15 is 0 Å². The van der Waals surface area contributed by atoms with E-state index in [9.17, 15) is 13.2 Å². The molecule has 12 heteroatoms. The second-order valence-corrected chi connectivity index (χ2v) is 5.48. The van der Waals surface area contributed by atoms with Crippen LogP contribution in [0.25, 0.3) is 0 Å². The van der Waals surface area contributed by atoms with Gasteiger partial charge in [0.2, 0.25) is 0 Å². The Morgan fingerprint density at radius 3 is 2.62 bits per heavy atom. The number of hydrogen-bond acceptors (Lipinski definition) is 7. The molecule has 0 aromatic carbocycles. The fourth-order valence-electron chi connectivity index (χ4n) is 1.50. The predicted octanol–water partition coefficient (Wildman–Crippen LogP) is -0.512. The van der Waals surface area contributed by atoms with Crippen molar-refractivity contribution in [3.63, 3.8) is 0 Å². The lowest BCUT2D eigenvalue weighted by Crippen LogP contribution is -2.34. The SMILES string of the molecule is CC.NC(N)=NC(=O)NS(=O)(=O)c1ncccc1C1=NOCCO1.